The molecule has 1 aliphatic carbocycles. The lowest BCUT2D eigenvalue weighted by Gasteiger charge is -2.12. The Balaban J connectivity index is 2.25. The molecule has 94 valence electrons. The van der Waals surface area contributed by atoms with Gasteiger partial charge in [-0.3, -0.25) is 4.79 Å². The number of hydrogen-bond acceptors (Lipinski definition) is 2. The monoisotopic (exact) mass is 234 g/mol. The van der Waals surface area contributed by atoms with Crippen LogP contribution in [0.25, 0.3) is 0 Å². The van der Waals surface area contributed by atoms with Crippen molar-refractivity contribution in [2.75, 3.05) is 0 Å². The number of epoxide rings is 1. The molecule has 0 bridgehead atoms. The van der Waals surface area contributed by atoms with Gasteiger partial charge in [-0.05, 0) is 52.5 Å². The van der Waals surface area contributed by atoms with Crippen molar-refractivity contribution in [3.63, 3.8) is 0 Å². The maximum atomic E-state index is 12.3. The number of carbonyl (C=O) groups is 1. The maximum Gasteiger partial charge on any atom is 0.162 e. The van der Waals surface area contributed by atoms with Crippen molar-refractivity contribution in [3.8, 4) is 0 Å². The summed E-state index contributed by atoms with van der Waals surface area (Å²) in [6, 6.07) is 0. The summed E-state index contributed by atoms with van der Waals surface area (Å²) < 4.78 is 5.71. The summed E-state index contributed by atoms with van der Waals surface area (Å²) in [4.78, 5) is 12.3. The highest BCUT2D eigenvalue weighted by atomic mass is 16.6. The summed E-state index contributed by atoms with van der Waals surface area (Å²) in [7, 11) is 0. The number of allylic oxidation sites excluding steroid dienone is 4. The van der Waals surface area contributed by atoms with Crippen molar-refractivity contribution in [2.24, 2.45) is 0 Å². The van der Waals surface area contributed by atoms with Gasteiger partial charge in [-0.15, -0.1) is 0 Å². The largest absolute Gasteiger partial charge is 0.366 e. The first-order valence-electron chi connectivity index (χ1n) is 6.45. The molecule has 17 heavy (non-hydrogen) atoms. The van der Waals surface area contributed by atoms with E-state index in [1.165, 1.54) is 5.57 Å². The topological polar surface area (TPSA) is 29.6 Å². The van der Waals surface area contributed by atoms with Crippen LogP contribution in [0.15, 0.2) is 22.8 Å². The highest BCUT2D eigenvalue weighted by Gasteiger charge is 2.52. The first-order valence-corrected chi connectivity index (χ1v) is 6.45. The fraction of sp³-hybridized carbons (Fsp3) is 0.667. The molecule has 0 aromatic carbocycles. The van der Waals surface area contributed by atoms with E-state index in [4.69, 9.17) is 4.74 Å². The van der Waals surface area contributed by atoms with Gasteiger partial charge in [-0.2, -0.15) is 0 Å². The molecule has 1 fully saturated rings. The summed E-state index contributed by atoms with van der Waals surface area (Å²) in [6.07, 6.45) is 5.96. The van der Waals surface area contributed by atoms with Gasteiger partial charge in [0.1, 0.15) is 0 Å². The van der Waals surface area contributed by atoms with Crippen molar-refractivity contribution >= 4 is 5.78 Å². The van der Waals surface area contributed by atoms with E-state index in [0.29, 0.717) is 6.42 Å². The van der Waals surface area contributed by atoms with Gasteiger partial charge in [0.15, 0.2) is 5.78 Å². The number of hydrogen-bond donors (Lipinski definition) is 0. The molecule has 2 rings (SSSR count). The van der Waals surface area contributed by atoms with Crippen LogP contribution in [-0.4, -0.2) is 17.5 Å². The highest BCUT2D eigenvalue weighted by molar-refractivity contribution is 5.97. The van der Waals surface area contributed by atoms with E-state index < -0.39 is 0 Å². The van der Waals surface area contributed by atoms with Gasteiger partial charge in [0, 0.05) is 6.42 Å². The van der Waals surface area contributed by atoms with Gasteiger partial charge < -0.3 is 4.74 Å². The van der Waals surface area contributed by atoms with Crippen LogP contribution < -0.4 is 0 Å². The van der Waals surface area contributed by atoms with E-state index in [2.05, 4.69) is 19.9 Å². The zero-order chi connectivity index (χ0) is 12.6. The summed E-state index contributed by atoms with van der Waals surface area (Å²) in [5.74, 6) is 0.265. The Morgan fingerprint density at radius 3 is 2.82 bits per heavy atom. The normalized spacial score (nSPS) is 36.9. The van der Waals surface area contributed by atoms with Crippen LogP contribution >= 0.6 is 0 Å². The third kappa shape index (κ3) is 2.68. The van der Waals surface area contributed by atoms with Gasteiger partial charge >= 0.3 is 0 Å². The molecular weight excluding hydrogens is 212 g/mol. The molecule has 0 aromatic heterocycles. The van der Waals surface area contributed by atoms with Crippen molar-refractivity contribution in [1.82, 2.24) is 0 Å². The summed E-state index contributed by atoms with van der Waals surface area (Å²) in [5, 5.41) is 0. The molecular formula is C15H22O2. The molecule has 1 saturated heterocycles. The van der Waals surface area contributed by atoms with E-state index in [1.54, 1.807) is 0 Å². The molecule has 2 aliphatic rings. The lowest BCUT2D eigenvalue weighted by molar-refractivity contribution is -0.116. The summed E-state index contributed by atoms with van der Waals surface area (Å²) in [6.45, 7) is 8.26. The van der Waals surface area contributed by atoms with Crippen LogP contribution in [0.3, 0.4) is 0 Å². The number of rotatable bonds is 0. The molecule has 2 atom stereocenters. The van der Waals surface area contributed by atoms with Crippen LogP contribution in [-0.2, 0) is 9.53 Å². The molecule has 0 aromatic rings. The van der Waals surface area contributed by atoms with Crippen molar-refractivity contribution < 1.29 is 9.53 Å². The van der Waals surface area contributed by atoms with E-state index in [-0.39, 0.29) is 17.5 Å². The molecule has 0 unspecified atom stereocenters. The quantitative estimate of drug-likeness (QED) is 0.364. The van der Waals surface area contributed by atoms with Crippen LogP contribution in [0, 0.1) is 0 Å². The summed E-state index contributed by atoms with van der Waals surface area (Å²) in [5.41, 5.74) is 3.30. The molecule has 2 heteroatoms. The predicted molar refractivity (Wildman–Crippen MR) is 68.9 cm³/mol. The number of ketones is 1. The second-order valence-electron chi connectivity index (χ2n) is 5.79. The smallest absolute Gasteiger partial charge is 0.162 e. The van der Waals surface area contributed by atoms with E-state index in [9.17, 15) is 4.79 Å². The molecule has 0 saturated carbocycles. The standard InChI is InChI=1S/C15H22O2/c1-10(2)12-7-5-11(3)6-8-14-15(4,17-14)9-13(12)16/h5,14H,6-9H2,1-4H3/b11-5+/t14-,15+/m1/s1. The van der Waals surface area contributed by atoms with E-state index in [1.807, 2.05) is 13.8 Å². The molecule has 0 N–H and O–H groups in total. The fourth-order valence-corrected chi connectivity index (χ4v) is 2.57. The van der Waals surface area contributed by atoms with Crippen LogP contribution in [0.4, 0.5) is 0 Å². The van der Waals surface area contributed by atoms with Crippen LogP contribution in [0.5, 0.6) is 0 Å². The molecule has 1 aliphatic heterocycles. The molecule has 0 spiro atoms. The lowest BCUT2D eigenvalue weighted by atomic mass is 9.89. The maximum absolute atomic E-state index is 12.3. The minimum Gasteiger partial charge on any atom is -0.366 e. The average Bonchev–Trinajstić information content (AvgIpc) is 2.85. The highest BCUT2D eigenvalue weighted by Crippen LogP contribution is 2.44. The van der Waals surface area contributed by atoms with Gasteiger partial charge in [0.25, 0.3) is 0 Å². The minimum atomic E-state index is -0.185. The van der Waals surface area contributed by atoms with Crippen LogP contribution in [0.2, 0.25) is 0 Å². The Kier molecular flexibility index (Phi) is 3.26. The van der Waals surface area contributed by atoms with Gasteiger partial charge in [0.2, 0.25) is 0 Å². The molecule has 2 nitrogen and oxygen atoms in total. The Morgan fingerprint density at radius 2 is 2.18 bits per heavy atom. The van der Waals surface area contributed by atoms with Crippen molar-refractivity contribution in [2.45, 2.75) is 65.1 Å². The predicted octanol–water partition coefficient (Wildman–Crippen LogP) is 3.57. The Hall–Kier alpha value is -0.890. The number of fused-ring (bicyclic) bond motifs is 1. The van der Waals surface area contributed by atoms with Gasteiger partial charge in [-0.1, -0.05) is 17.2 Å². The Morgan fingerprint density at radius 1 is 1.47 bits per heavy atom. The third-order valence-electron chi connectivity index (χ3n) is 3.94. The Bertz CT molecular complexity index is 399. The van der Waals surface area contributed by atoms with Crippen LogP contribution in [0.1, 0.15) is 53.4 Å². The minimum absolute atomic E-state index is 0.185. The molecule has 1 heterocycles. The van der Waals surface area contributed by atoms with Crippen molar-refractivity contribution in [1.29, 1.82) is 0 Å². The first kappa shape index (κ1) is 12.6. The molecule has 0 amide bonds. The van der Waals surface area contributed by atoms with Crippen molar-refractivity contribution in [3.05, 3.63) is 22.8 Å². The van der Waals surface area contributed by atoms with Gasteiger partial charge in [-0.25, -0.2) is 0 Å². The summed E-state index contributed by atoms with van der Waals surface area (Å²) >= 11 is 0. The zero-order valence-corrected chi connectivity index (χ0v) is 11.3. The van der Waals surface area contributed by atoms with E-state index >= 15 is 0 Å². The van der Waals surface area contributed by atoms with E-state index in [0.717, 1.165) is 30.4 Å². The zero-order valence-electron chi connectivity index (χ0n) is 11.3. The van der Waals surface area contributed by atoms with Gasteiger partial charge in [0.05, 0.1) is 11.7 Å². The number of ether oxygens (including phenoxy) is 1. The second kappa shape index (κ2) is 4.41. The number of Topliss-reactive ketones (excluding diaryl/α,β-unsaturated/α-hetero) is 1. The average molecular weight is 234 g/mol. The second-order valence-corrected chi connectivity index (χ2v) is 5.79. The SMILES string of the molecule is CC(C)=C1C/C=C(\C)CC[C@H]2O[C@@]2(C)CC1=O. The Labute approximate surface area is 104 Å². The molecule has 0 radical (unpaired) electrons. The fourth-order valence-electron chi connectivity index (χ4n) is 2.57. The lowest BCUT2D eigenvalue weighted by Crippen LogP contribution is -2.19. The number of carbonyl (C=O) groups excluding carboxylic acids is 1. The first-order chi connectivity index (χ1) is 7.92. The third-order valence-corrected chi connectivity index (χ3v) is 3.94.